The number of nitrogens with two attached hydrogens (primary N) is 1. The van der Waals surface area contributed by atoms with Gasteiger partial charge in [0.15, 0.2) is 0 Å². The van der Waals surface area contributed by atoms with Gasteiger partial charge in [-0.2, -0.15) is 0 Å². The molecule has 0 fully saturated rings. The molecule has 18 heavy (non-hydrogen) atoms. The first kappa shape index (κ1) is 13.3. The molecule has 2 aromatic rings. The van der Waals surface area contributed by atoms with E-state index in [0.29, 0.717) is 27.1 Å². The van der Waals surface area contributed by atoms with E-state index < -0.39 is 5.82 Å². The molecule has 0 amide bonds. The first-order valence-electron chi connectivity index (χ1n) is 4.94. The van der Waals surface area contributed by atoms with E-state index in [9.17, 15) is 4.39 Å². The molecule has 6 heteroatoms. The van der Waals surface area contributed by atoms with E-state index in [-0.39, 0.29) is 5.02 Å². The van der Waals surface area contributed by atoms with Crippen LogP contribution in [0, 0.1) is 5.82 Å². The summed E-state index contributed by atoms with van der Waals surface area (Å²) in [6.45, 7) is 0. The van der Waals surface area contributed by atoms with Crippen molar-refractivity contribution in [2.24, 2.45) is 0 Å². The summed E-state index contributed by atoms with van der Waals surface area (Å²) in [4.78, 5) is 0. The topological polar surface area (TPSA) is 38.0 Å². The van der Waals surface area contributed by atoms with Gasteiger partial charge in [-0.1, -0.05) is 34.8 Å². The summed E-state index contributed by atoms with van der Waals surface area (Å²) in [5, 5.41) is 3.73. The zero-order valence-corrected chi connectivity index (χ0v) is 11.2. The van der Waals surface area contributed by atoms with Crippen LogP contribution in [0.25, 0.3) is 0 Å². The molecule has 94 valence electrons. The molecule has 2 aromatic carbocycles. The Bertz CT molecular complexity index is 579. The second kappa shape index (κ2) is 5.22. The summed E-state index contributed by atoms with van der Waals surface area (Å²) in [5.74, 6) is -0.489. The van der Waals surface area contributed by atoms with E-state index in [0.717, 1.165) is 0 Å². The lowest BCUT2D eigenvalue weighted by atomic mass is 10.2. The third kappa shape index (κ3) is 2.80. The summed E-state index contributed by atoms with van der Waals surface area (Å²) in [5.41, 5.74) is 7.14. The van der Waals surface area contributed by atoms with Crippen molar-refractivity contribution in [3.05, 3.63) is 51.2 Å². The minimum atomic E-state index is -0.489. The van der Waals surface area contributed by atoms with Gasteiger partial charge in [0, 0.05) is 11.4 Å². The van der Waals surface area contributed by atoms with Crippen molar-refractivity contribution in [1.29, 1.82) is 0 Å². The minimum absolute atomic E-state index is 0.0164. The van der Waals surface area contributed by atoms with E-state index in [1.807, 2.05) is 0 Å². The van der Waals surface area contributed by atoms with Gasteiger partial charge in [0.2, 0.25) is 0 Å². The lowest BCUT2D eigenvalue weighted by Gasteiger charge is -2.11. The summed E-state index contributed by atoms with van der Waals surface area (Å²) < 4.78 is 13.0. The molecule has 0 unspecified atom stereocenters. The molecule has 0 heterocycles. The summed E-state index contributed by atoms with van der Waals surface area (Å²) in [7, 11) is 0. The molecular formula is C12H8Cl3FN2. The second-order valence-electron chi connectivity index (χ2n) is 3.61. The Hall–Kier alpha value is -1.16. The van der Waals surface area contributed by atoms with Gasteiger partial charge in [0.05, 0.1) is 20.8 Å². The third-order valence-electron chi connectivity index (χ3n) is 2.25. The van der Waals surface area contributed by atoms with Gasteiger partial charge >= 0.3 is 0 Å². The quantitative estimate of drug-likeness (QED) is 0.756. The number of rotatable bonds is 2. The number of hydrogen-bond acceptors (Lipinski definition) is 2. The Kier molecular flexibility index (Phi) is 3.85. The molecule has 0 aliphatic carbocycles. The SMILES string of the molecule is Nc1cc(Cl)c(Nc2ccc(F)c(Cl)c2)c(Cl)c1. The van der Waals surface area contributed by atoms with Crippen LogP contribution < -0.4 is 11.1 Å². The lowest BCUT2D eigenvalue weighted by Crippen LogP contribution is -1.95. The van der Waals surface area contributed by atoms with E-state index in [1.54, 1.807) is 12.1 Å². The first-order valence-corrected chi connectivity index (χ1v) is 6.07. The molecule has 0 saturated heterocycles. The van der Waals surface area contributed by atoms with Crippen LogP contribution in [-0.4, -0.2) is 0 Å². The number of nitrogens with one attached hydrogen (secondary N) is 1. The maximum Gasteiger partial charge on any atom is 0.141 e. The van der Waals surface area contributed by atoms with Gasteiger partial charge in [-0.25, -0.2) is 4.39 Å². The standard InChI is InChI=1S/C12H8Cl3FN2/c13-8-5-7(1-2-11(8)16)18-12-9(14)3-6(17)4-10(12)15/h1-5,18H,17H2. The highest BCUT2D eigenvalue weighted by molar-refractivity contribution is 6.39. The Morgan fingerprint density at radius 2 is 1.56 bits per heavy atom. The second-order valence-corrected chi connectivity index (χ2v) is 4.84. The maximum atomic E-state index is 13.0. The molecule has 0 atom stereocenters. The number of halogens is 4. The van der Waals surface area contributed by atoms with Gasteiger partial charge in [0.25, 0.3) is 0 Å². The average molecular weight is 306 g/mol. The number of nitrogen functional groups attached to an aromatic ring is 1. The molecule has 0 aliphatic rings. The smallest absolute Gasteiger partial charge is 0.141 e. The van der Waals surface area contributed by atoms with Crippen molar-refractivity contribution in [3.8, 4) is 0 Å². The van der Waals surface area contributed by atoms with Gasteiger partial charge in [0.1, 0.15) is 5.82 Å². The van der Waals surface area contributed by atoms with Crippen LogP contribution in [-0.2, 0) is 0 Å². The third-order valence-corrected chi connectivity index (χ3v) is 3.14. The normalized spacial score (nSPS) is 10.4. The maximum absolute atomic E-state index is 13.0. The fourth-order valence-corrected chi connectivity index (χ4v) is 2.21. The highest BCUT2D eigenvalue weighted by Gasteiger charge is 2.08. The van der Waals surface area contributed by atoms with E-state index in [1.165, 1.54) is 18.2 Å². The van der Waals surface area contributed by atoms with Crippen LogP contribution in [0.15, 0.2) is 30.3 Å². The zero-order valence-electron chi connectivity index (χ0n) is 8.98. The van der Waals surface area contributed by atoms with Crippen molar-refractivity contribution in [2.45, 2.75) is 0 Å². The predicted octanol–water partition coefficient (Wildman–Crippen LogP) is 5.11. The number of hydrogen-bond donors (Lipinski definition) is 2. The number of benzene rings is 2. The van der Waals surface area contributed by atoms with Crippen LogP contribution in [0.1, 0.15) is 0 Å². The Morgan fingerprint density at radius 3 is 2.11 bits per heavy atom. The van der Waals surface area contributed by atoms with Crippen molar-refractivity contribution in [1.82, 2.24) is 0 Å². The first-order chi connectivity index (χ1) is 8.47. The van der Waals surface area contributed by atoms with E-state index in [4.69, 9.17) is 40.5 Å². The molecule has 0 saturated carbocycles. The van der Waals surface area contributed by atoms with Crippen molar-refractivity contribution in [3.63, 3.8) is 0 Å². The Labute approximate surface area is 118 Å². The Balaban J connectivity index is 2.37. The van der Waals surface area contributed by atoms with E-state index >= 15 is 0 Å². The van der Waals surface area contributed by atoms with Crippen LogP contribution >= 0.6 is 34.8 Å². The molecule has 0 aliphatic heterocycles. The van der Waals surface area contributed by atoms with Crippen LogP contribution in [0.4, 0.5) is 21.5 Å². The van der Waals surface area contributed by atoms with Crippen LogP contribution in [0.3, 0.4) is 0 Å². The van der Waals surface area contributed by atoms with E-state index in [2.05, 4.69) is 5.32 Å². The summed E-state index contributed by atoms with van der Waals surface area (Å²) >= 11 is 17.7. The van der Waals surface area contributed by atoms with Gasteiger partial charge < -0.3 is 11.1 Å². The van der Waals surface area contributed by atoms with Gasteiger partial charge in [-0.15, -0.1) is 0 Å². The molecule has 2 nitrogen and oxygen atoms in total. The monoisotopic (exact) mass is 304 g/mol. The largest absolute Gasteiger partial charge is 0.399 e. The molecule has 3 N–H and O–H groups in total. The molecule has 0 radical (unpaired) electrons. The highest BCUT2D eigenvalue weighted by atomic mass is 35.5. The fourth-order valence-electron chi connectivity index (χ4n) is 1.43. The fraction of sp³-hybridized carbons (Fsp3) is 0. The van der Waals surface area contributed by atoms with Crippen molar-refractivity contribution < 1.29 is 4.39 Å². The molecule has 0 spiro atoms. The van der Waals surface area contributed by atoms with Crippen molar-refractivity contribution >= 4 is 51.9 Å². The van der Waals surface area contributed by atoms with Crippen LogP contribution in [0.5, 0.6) is 0 Å². The number of anilines is 3. The highest BCUT2D eigenvalue weighted by Crippen LogP contribution is 2.35. The van der Waals surface area contributed by atoms with Gasteiger partial charge in [-0.3, -0.25) is 0 Å². The average Bonchev–Trinajstić information content (AvgIpc) is 2.28. The van der Waals surface area contributed by atoms with Crippen molar-refractivity contribution in [2.75, 3.05) is 11.1 Å². The predicted molar refractivity (Wildman–Crippen MR) is 75.6 cm³/mol. The lowest BCUT2D eigenvalue weighted by molar-refractivity contribution is 0.628. The van der Waals surface area contributed by atoms with Crippen LogP contribution in [0.2, 0.25) is 15.1 Å². The molecule has 2 rings (SSSR count). The zero-order chi connectivity index (χ0) is 13.3. The molecular weight excluding hydrogens is 298 g/mol. The minimum Gasteiger partial charge on any atom is -0.399 e. The molecule has 0 aromatic heterocycles. The molecule has 0 bridgehead atoms. The van der Waals surface area contributed by atoms with Gasteiger partial charge in [-0.05, 0) is 30.3 Å². The summed E-state index contributed by atoms with van der Waals surface area (Å²) in [6, 6.07) is 7.37. The Morgan fingerprint density at radius 1 is 0.944 bits per heavy atom. The summed E-state index contributed by atoms with van der Waals surface area (Å²) in [6.07, 6.45) is 0.